The third-order valence-corrected chi connectivity index (χ3v) is 6.78. The van der Waals surface area contributed by atoms with E-state index in [0.29, 0.717) is 33.9 Å². The van der Waals surface area contributed by atoms with Gasteiger partial charge in [0.2, 0.25) is 0 Å². The van der Waals surface area contributed by atoms with Gasteiger partial charge in [-0.2, -0.15) is 0 Å². The third-order valence-electron chi connectivity index (χ3n) is 4.96. The van der Waals surface area contributed by atoms with E-state index < -0.39 is 12.1 Å². The summed E-state index contributed by atoms with van der Waals surface area (Å²) < 4.78 is 16.8. The molecule has 0 aliphatic heterocycles. The van der Waals surface area contributed by atoms with Gasteiger partial charge in [0.25, 0.3) is 17.5 Å². The number of hydrogen-bond donors (Lipinski definition) is 0. The van der Waals surface area contributed by atoms with Crippen LogP contribution >= 0.6 is 22.7 Å². The first kappa shape index (κ1) is 20.5. The molecule has 32 heavy (non-hydrogen) atoms. The molecule has 0 bridgehead atoms. The van der Waals surface area contributed by atoms with Crippen LogP contribution in [-0.4, -0.2) is 26.3 Å². The maximum atomic E-state index is 13.2. The van der Waals surface area contributed by atoms with Crippen molar-refractivity contribution in [3.05, 3.63) is 56.5 Å². The van der Waals surface area contributed by atoms with Crippen LogP contribution in [0.3, 0.4) is 0 Å². The number of aromatic nitrogens is 4. The summed E-state index contributed by atoms with van der Waals surface area (Å²) in [6, 6.07) is 7.55. The van der Waals surface area contributed by atoms with Crippen molar-refractivity contribution in [3.63, 3.8) is 0 Å². The lowest BCUT2D eigenvalue weighted by Crippen LogP contribution is -2.11. The molecule has 10 heteroatoms. The minimum absolute atomic E-state index is 0.221. The number of rotatable bonds is 5. The zero-order chi connectivity index (χ0) is 22.4. The number of hydrogen-bond acceptors (Lipinski definition) is 10. The second kappa shape index (κ2) is 7.95. The van der Waals surface area contributed by atoms with Crippen LogP contribution < -0.4 is 0 Å². The molecule has 5 aromatic heterocycles. The Morgan fingerprint density at radius 2 is 2.03 bits per heavy atom. The number of carbonyl (C=O) groups excluding carboxylic acids is 1. The predicted molar refractivity (Wildman–Crippen MR) is 121 cm³/mol. The zero-order valence-corrected chi connectivity index (χ0v) is 19.3. The van der Waals surface area contributed by atoms with Gasteiger partial charge < -0.3 is 13.7 Å². The second-order valence-corrected chi connectivity index (χ2v) is 9.71. The van der Waals surface area contributed by atoms with Crippen LogP contribution in [0.2, 0.25) is 0 Å². The van der Waals surface area contributed by atoms with Gasteiger partial charge in [0.15, 0.2) is 6.10 Å². The monoisotopic (exact) mass is 466 g/mol. The molecule has 1 unspecified atom stereocenters. The third kappa shape index (κ3) is 3.61. The quantitative estimate of drug-likeness (QED) is 0.295. The number of fused-ring (bicyclic) bond motifs is 1. The van der Waals surface area contributed by atoms with E-state index in [1.807, 2.05) is 37.4 Å². The highest BCUT2D eigenvalue weighted by atomic mass is 32.1. The Kier molecular flexibility index (Phi) is 5.10. The van der Waals surface area contributed by atoms with Crippen LogP contribution in [0.15, 0.2) is 38.6 Å². The smallest absolute Gasteiger partial charge is 0.339 e. The Bertz CT molecular complexity index is 1430. The van der Waals surface area contributed by atoms with Gasteiger partial charge in [0.1, 0.15) is 0 Å². The van der Waals surface area contributed by atoms with E-state index in [0.717, 1.165) is 20.2 Å². The summed E-state index contributed by atoms with van der Waals surface area (Å²) >= 11 is 3.16. The van der Waals surface area contributed by atoms with E-state index in [1.54, 1.807) is 31.3 Å². The van der Waals surface area contributed by atoms with Crippen molar-refractivity contribution in [2.45, 2.75) is 33.8 Å². The molecule has 0 saturated heterocycles. The average Bonchev–Trinajstić information content (AvgIpc) is 3.54. The predicted octanol–water partition coefficient (Wildman–Crippen LogP) is 5.91. The van der Waals surface area contributed by atoms with Gasteiger partial charge in [-0.3, -0.25) is 0 Å². The van der Waals surface area contributed by atoms with E-state index >= 15 is 0 Å². The standard InChI is InChI=1S/C22H18N4O4S2/c1-10-8-14(13(4)32-10)16-9-15(18-11(2)26-30-21(18)23-16)22(27)28-12(3)19-24-25-20(29-19)17-6-5-7-31-17/h5-9,12H,1-4H3. The first-order valence-corrected chi connectivity index (χ1v) is 11.5. The lowest BCUT2D eigenvalue weighted by molar-refractivity contribution is 0.0282. The van der Waals surface area contributed by atoms with Crippen LogP contribution in [0.25, 0.3) is 33.1 Å². The largest absolute Gasteiger partial charge is 0.449 e. The molecule has 0 aromatic carbocycles. The first-order valence-electron chi connectivity index (χ1n) is 9.83. The van der Waals surface area contributed by atoms with Gasteiger partial charge in [0, 0.05) is 15.3 Å². The average molecular weight is 467 g/mol. The molecule has 0 N–H and O–H groups in total. The number of carbonyl (C=O) groups is 1. The lowest BCUT2D eigenvalue weighted by Gasteiger charge is -2.11. The fourth-order valence-electron chi connectivity index (χ4n) is 3.45. The van der Waals surface area contributed by atoms with Gasteiger partial charge in [0.05, 0.1) is 27.2 Å². The molecule has 5 aromatic rings. The molecule has 162 valence electrons. The van der Waals surface area contributed by atoms with Crippen molar-refractivity contribution in [3.8, 4) is 22.0 Å². The van der Waals surface area contributed by atoms with Crippen molar-refractivity contribution < 1.29 is 18.5 Å². The Hall–Kier alpha value is -3.37. The van der Waals surface area contributed by atoms with Crippen LogP contribution in [0, 0.1) is 20.8 Å². The highest BCUT2D eigenvalue weighted by Gasteiger charge is 2.25. The summed E-state index contributed by atoms with van der Waals surface area (Å²) in [5.41, 5.74) is 2.77. The molecule has 0 aliphatic carbocycles. The highest BCUT2D eigenvalue weighted by molar-refractivity contribution is 7.13. The lowest BCUT2D eigenvalue weighted by atomic mass is 10.1. The minimum atomic E-state index is -0.735. The molecule has 0 aliphatic rings. The van der Waals surface area contributed by atoms with E-state index in [9.17, 15) is 4.79 Å². The summed E-state index contributed by atoms with van der Waals surface area (Å²) in [6.07, 6.45) is -0.735. The minimum Gasteiger partial charge on any atom is -0.449 e. The van der Waals surface area contributed by atoms with E-state index in [4.69, 9.17) is 13.7 Å². The topological polar surface area (TPSA) is 104 Å². The van der Waals surface area contributed by atoms with Gasteiger partial charge in [-0.1, -0.05) is 11.2 Å². The summed E-state index contributed by atoms with van der Waals surface area (Å²) in [4.78, 5) is 20.9. The van der Waals surface area contributed by atoms with Crippen molar-refractivity contribution in [2.75, 3.05) is 0 Å². The maximum Gasteiger partial charge on any atom is 0.339 e. The summed E-state index contributed by atoms with van der Waals surface area (Å²) in [7, 11) is 0. The Morgan fingerprint density at radius 3 is 2.75 bits per heavy atom. The summed E-state index contributed by atoms with van der Waals surface area (Å²) in [5, 5.41) is 14.5. The van der Waals surface area contributed by atoms with E-state index in [1.165, 1.54) is 11.3 Å². The van der Waals surface area contributed by atoms with Crippen LogP contribution in [-0.2, 0) is 4.74 Å². The van der Waals surface area contributed by atoms with E-state index in [2.05, 4.69) is 20.3 Å². The van der Waals surface area contributed by atoms with Gasteiger partial charge in [-0.25, -0.2) is 9.78 Å². The molecule has 8 nitrogen and oxygen atoms in total. The Morgan fingerprint density at radius 1 is 1.19 bits per heavy atom. The molecular formula is C22H18N4O4S2. The van der Waals surface area contributed by atoms with Crippen molar-refractivity contribution in [1.82, 2.24) is 20.3 Å². The molecule has 1 atom stereocenters. The number of nitrogens with zero attached hydrogens (tertiary/aromatic N) is 4. The van der Waals surface area contributed by atoms with E-state index in [-0.39, 0.29) is 5.89 Å². The second-order valence-electron chi connectivity index (χ2n) is 7.30. The number of pyridine rings is 1. The van der Waals surface area contributed by atoms with Crippen molar-refractivity contribution >= 4 is 39.7 Å². The van der Waals surface area contributed by atoms with Crippen LogP contribution in [0.5, 0.6) is 0 Å². The van der Waals surface area contributed by atoms with Gasteiger partial charge >= 0.3 is 5.97 Å². The molecule has 0 fully saturated rings. The van der Waals surface area contributed by atoms with Gasteiger partial charge in [-0.05, 0) is 51.3 Å². The fraction of sp³-hybridized carbons (Fsp3) is 0.227. The fourth-order valence-corrected chi connectivity index (χ4v) is 5.03. The van der Waals surface area contributed by atoms with Gasteiger partial charge in [-0.15, -0.1) is 32.9 Å². The number of ether oxygens (including phenoxy) is 1. The Labute approximate surface area is 190 Å². The maximum absolute atomic E-state index is 13.2. The van der Waals surface area contributed by atoms with Crippen molar-refractivity contribution in [2.24, 2.45) is 0 Å². The molecule has 0 radical (unpaired) electrons. The summed E-state index contributed by atoms with van der Waals surface area (Å²) in [6.45, 7) is 7.50. The molecule has 0 saturated carbocycles. The first-order chi connectivity index (χ1) is 15.4. The normalized spacial score (nSPS) is 12.4. The number of aryl methyl sites for hydroxylation is 3. The molecular weight excluding hydrogens is 448 g/mol. The Balaban J connectivity index is 1.49. The van der Waals surface area contributed by atoms with Crippen LogP contribution in [0.1, 0.15) is 44.7 Å². The molecule has 0 amide bonds. The molecule has 5 heterocycles. The molecule has 0 spiro atoms. The number of thiophene rings is 2. The van der Waals surface area contributed by atoms with Crippen molar-refractivity contribution in [1.29, 1.82) is 0 Å². The number of esters is 1. The summed E-state index contributed by atoms with van der Waals surface area (Å²) in [5.74, 6) is 0.0706. The molecule has 5 rings (SSSR count). The van der Waals surface area contributed by atoms with Crippen LogP contribution in [0.4, 0.5) is 0 Å². The highest BCUT2D eigenvalue weighted by Crippen LogP contribution is 2.34. The SMILES string of the molecule is Cc1cc(-c2cc(C(=O)OC(C)c3nnc(-c4cccs4)o3)c3c(C)noc3n2)c(C)s1. The zero-order valence-electron chi connectivity index (χ0n) is 17.7.